The second kappa shape index (κ2) is 8.15. The molecule has 126 valence electrons. The minimum absolute atomic E-state index is 0.0257. The molecule has 2 aromatic rings. The number of nitrogens with one attached hydrogen (secondary N) is 1. The van der Waals surface area contributed by atoms with Crippen LogP contribution in [0.2, 0.25) is 0 Å². The van der Waals surface area contributed by atoms with Gasteiger partial charge in [-0.3, -0.25) is 0 Å². The molecule has 0 saturated carbocycles. The lowest BCUT2D eigenvalue weighted by Crippen LogP contribution is -2.15. The minimum atomic E-state index is -0.637. The fourth-order valence-electron chi connectivity index (χ4n) is 2.54. The van der Waals surface area contributed by atoms with E-state index in [1.165, 1.54) is 19.8 Å². The summed E-state index contributed by atoms with van der Waals surface area (Å²) in [5.41, 5.74) is 2.00. The lowest BCUT2D eigenvalue weighted by atomic mass is 9.99. The van der Waals surface area contributed by atoms with Gasteiger partial charge in [0.25, 0.3) is 0 Å². The third-order valence-electron chi connectivity index (χ3n) is 3.67. The molecule has 24 heavy (non-hydrogen) atoms. The standard InChI is InChI=1S/C19H21NO4/c1-4-7-13-10-11-16(15-9-6-5-8-14(13)15)20-17(19(22)24-3)12-18(21)23-2/h5-6,8-12,20H,4,7H2,1-3H3/b17-12+. The number of carbonyl (C=O) groups excluding carboxylic acids is 2. The Morgan fingerprint density at radius 3 is 2.38 bits per heavy atom. The van der Waals surface area contributed by atoms with Crippen LogP contribution in [0.4, 0.5) is 5.69 Å². The first kappa shape index (κ1) is 17.5. The average molecular weight is 327 g/mol. The van der Waals surface area contributed by atoms with Crippen molar-refractivity contribution in [2.45, 2.75) is 19.8 Å². The molecular weight excluding hydrogens is 306 g/mol. The summed E-state index contributed by atoms with van der Waals surface area (Å²) < 4.78 is 9.32. The molecule has 0 aliphatic carbocycles. The van der Waals surface area contributed by atoms with Crippen LogP contribution < -0.4 is 5.32 Å². The van der Waals surface area contributed by atoms with E-state index in [1.54, 1.807) is 0 Å². The van der Waals surface area contributed by atoms with Gasteiger partial charge in [0.2, 0.25) is 0 Å². The van der Waals surface area contributed by atoms with Crippen LogP contribution in [0.1, 0.15) is 18.9 Å². The lowest BCUT2D eigenvalue weighted by Gasteiger charge is -2.14. The zero-order valence-corrected chi connectivity index (χ0v) is 14.1. The van der Waals surface area contributed by atoms with E-state index in [-0.39, 0.29) is 5.70 Å². The molecule has 0 aromatic heterocycles. The molecule has 0 saturated heterocycles. The predicted octanol–water partition coefficient (Wildman–Crippen LogP) is 3.43. The Balaban J connectivity index is 2.48. The number of hydrogen-bond donors (Lipinski definition) is 1. The van der Waals surface area contributed by atoms with Crippen LogP contribution in [0, 0.1) is 0 Å². The fourth-order valence-corrected chi connectivity index (χ4v) is 2.54. The maximum absolute atomic E-state index is 11.9. The highest BCUT2D eigenvalue weighted by Crippen LogP contribution is 2.28. The molecule has 5 nitrogen and oxygen atoms in total. The summed E-state index contributed by atoms with van der Waals surface area (Å²) in [7, 11) is 2.51. The van der Waals surface area contributed by atoms with Crippen LogP contribution in [-0.2, 0) is 25.5 Å². The quantitative estimate of drug-likeness (QED) is 0.650. The number of rotatable bonds is 6. The van der Waals surface area contributed by atoms with Gasteiger partial charge in [-0.1, -0.05) is 43.7 Å². The molecule has 0 radical (unpaired) electrons. The number of benzene rings is 2. The normalized spacial score (nSPS) is 11.2. The molecule has 0 atom stereocenters. The first-order chi connectivity index (χ1) is 11.6. The molecule has 1 N–H and O–H groups in total. The largest absolute Gasteiger partial charge is 0.466 e. The Labute approximate surface area is 141 Å². The van der Waals surface area contributed by atoms with Gasteiger partial charge < -0.3 is 14.8 Å². The zero-order chi connectivity index (χ0) is 17.5. The van der Waals surface area contributed by atoms with E-state index in [2.05, 4.69) is 17.0 Å². The van der Waals surface area contributed by atoms with E-state index in [0.29, 0.717) is 0 Å². The maximum atomic E-state index is 11.9. The van der Waals surface area contributed by atoms with Crippen molar-refractivity contribution in [2.75, 3.05) is 19.5 Å². The second-order valence-electron chi connectivity index (χ2n) is 5.27. The number of fused-ring (bicyclic) bond motifs is 1. The van der Waals surface area contributed by atoms with Gasteiger partial charge in [-0.2, -0.15) is 0 Å². The average Bonchev–Trinajstić information content (AvgIpc) is 2.62. The summed E-state index contributed by atoms with van der Waals surface area (Å²) in [5, 5.41) is 5.09. The first-order valence-electron chi connectivity index (χ1n) is 7.76. The zero-order valence-electron chi connectivity index (χ0n) is 14.1. The minimum Gasteiger partial charge on any atom is -0.466 e. The summed E-state index contributed by atoms with van der Waals surface area (Å²) >= 11 is 0. The molecule has 2 rings (SSSR count). The van der Waals surface area contributed by atoms with Crippen LogP contribution in [-0.4, -0.2) is 26.2 Å². The Kier molecular flexibility index (Phi) is 5.95. The van der Waals surface area contributed by atoms with Gasteiger partial charge in [-0.15, -0.1) is 0 Å². The van der Waals surface area contributed by atoms with Gasteiger partial charge in [0, 0.05) is 11.1 Å². The molecule has 0 unspecified atom stereocenters. The highest BCUT2D eigenvalue weighted by molar-refractivity contribution is 6.03. The van der Waals surface area contributed by atoms with Crippen molar-refractivity contribution in [3.63, 3.8) is 0 Å². The first-order valence-corrected chi connectivity index (χ1v) is 7.76. The number of ether oxygens (including phenoxy) is 2. The molecule has 2 aromatic carbocycles. The molecule has 0 spiro atoms. The Bertz CT molecular complexity index is 780. The van der Waals surface area contributed by atoms with E-state index in [4.69, 9.17) is 4.74 Å². The van der Waals surface area contributed by atoms with Crippen LogP contribution in [0.5, 0.6) is 0 Å². The van der Waals surface area contributed by atoms with Crippen molar-refractivity contribution in [1.82, 2.24) is 0 Å². The van der Waals surface area contributed by atoms with Crippen LogP contribution >= 0.6 is 0 Å². The summed E-state index contributed by atoms with van der Waals surface area (Å²) in [4.78, 5) is 23.4. The Hall–Kier alpha value is -2.82. The van der Waals surface area contributed by atoms with Crippen molar-refractivity contribution in [1.29, 1.82) is 0 Å². The smallest absolute Gasteiger partial charge is 0.354 e. The molecular formula is C19H21NO4. The van der Waals surface area contributed by atoms with E-state index in [9.17, 15) is 9.59 Å². The molecule has 0 aliphatic heterocycles. The number of hydrogen-bond acceptors (Lipinski definition) is 5. The van der Waals surface area contributed by atoms with Gasteiger partial charge in [-0.25, -0.2) is 9.59 Å². The van der Waals surface area contributed by atoms with Crippen molar-refractivity contribution in [2.24, 2.45) is 0 Å². The van der Waals surface area contributed by atoms with E-state index >= 15 is 0 Å². The van der Waals surface area contributed by atoms with Crippen LogP contribution in [0.3, 0.4) is 0 Å². The highest BCUT2D eigenvalue weighted by atomic mass is 16.5. The summed E-state index contributed by atoms with van der Waals surface area (Å²) in [6.07, 6.45) is 3.11. The monoisotopic (exact) mass is 327 g/mol. The fraction of sp³-hybridized carbons (Fsp3) is 0.263. The number of esters is 2. The van der Waals surface area contributed by atoms with Gasteiger partial charge in [0.1, 0.15) is 5.70 Å². The summed E-state index contributed by atoms with van der Waals surface area (Å²) in [5.74, 6) is -1.27. The number of methoxy groups -OCH3 is 2. The molecule has 5 heteroatoms. The van der Waals surface area contributed by atoms with Crippen LogP contribution in [0.25, 0.3) is 10.8 Å². The Morgan fingerprint density at radius 1 is 1.04 bits per heavy atom. The number of carbonyl (C=O) groups is 2. The van der Waals surface area contributed by atoms with Crippen molar-refractivity contribution < 1.29 is 19.1 Å². The Morgan fingerprint density at radius 2 is 1.75 bits per heavy atom. The van der Waals surface area contributed by atoms with Crippen LogP contribution in [0.15, 0.2) is 48.2 Å². The third-order valence-corrected chi connectivity index (χ3v) is 3.67. The molecule has 0 aliphatic rings. The molecule has 0 fully saturated rings. The van der Waals surface area contributed by atoms with Crippen molar-refractivity contribution in [3.8, 4) is 0 Å². The molecule has 0 amide bonds. The summed E-state index contributed by atoms with van der Waals surface area (Å²) in [6, 6.07) is 11.9. The molecule has 0 bridgehead atoms. The number of aryl methyl sites for hydroxylation is 1. The summed E-state index contributed by atoms with van der Waals surface area (Å²) in [6.45, 7) is 2.13. The topological polar surface area (TPSA) is 64.6 Å². The van der Waals surface area contributed by atoms with E-state index < -0.39 is 11.9 Å². The number of anilines is 1. The third kappa shape index (κ3) is 3.93. The van der Waals surface area contributed by atoms with Crippen molar-refractivity contribution in [3.05, 3.63) is 53.7 Å². The highest BCUT2D eigenvalue weighted by Gasteiger charge is 2.14. The van der Waals surface area contributed by atoms with Gasteiger partial charge in [0.05, 0.1) is 20.3 Å². The SMILES string of the molecule is CCCc1ccc(N/C(=C/C(=O)OC)C(=O)OC)c2ccccc12. The van der Waals surface area contributed by atoms with Gasteiger partial charge in [-0.05, 0) is 23.4 Å². The maximum Gasteiger partial charge on any atom is 0.354 e. The molecule has 0 heterocycles. The second-order valence-corrected chi connectivity index (χ2v) is 5.27. The van der Waals surface area contributed by atoms with E-state index in [1.807, 2.05) is 36.4 Å². The predicted molar refractivity (Wildman–Crippen MR) is 93.7 cm³/mol. The van der Waals surface area contributed by atoms with E-state index in [0.717, 1.165) is 35.4 Å². The lowest BCUT2D eigenvalue weighted by molar-refractivity contribution is -0.138. The van der Waals surface area contributed by atoms with Crippen molar-refractivity contribution >= 4 is 28.4 Å². The van der Waals surface area contributed by atoms with Gasteiger partial charge >= 0.3 is 11.9 Å². The van der Waals surface area contributed by atoms with Gasteiger partial charge in [0.15, 0.2) is 0 Å².